The van der Waals surface area contributed by atoms with Crippen LogP contribution in [-0.2, 0) is 17.6 Å². The van der Waals surface area contributed by atoms with Gasteiger partial charge in [-0.05, 0) is 30.3 Å². The number of H-pyrrole nitrogens is 1. The summed E-state index contributed by atoms with van der Waals surface area (Å²) in [5, 5.41) is 7.05. The van der Waals surface area contributed by atoms with Gasteiger partial charge in [0.2, 0.25) is 5.91 Å². The van der Waals surface area contributed by atoms with E-state index in [1.807, 2.05) is 18.2 Å². The minimum absolute atomic E-state index is 0.117. The van der Waals surface area contributed by atoms with Gasteiger partial charge < -0.3 is 10.6 Å². The Morgan fingerprint density at radius 2 is 2.32 bits per heavy atom. The smallest absolute Gasteiger partial charge is 0.231 e. The minimum atomic E-state index is 0.117. The zero-order valence-corrected chi connectivity index (χ0v) is 10.7. The van der Waals surface area contributed by atoms with Crippen molar-refractivity contribution in [2.45, 2.75) is 12.8 Å². The first-order valence-electron chi connectivity index (χ1n) is 6.20. The van der Waals surface area contributed by atoms with Crippen LogP contribution in [0.5, 0.6) is 0 Å². The van der Waals surface area contributed by atoms with Crippen molar-refractivity contribution >= 4 is 11.6 Å². The van der Waals surface area contributed by atoms with Crippen molar-refractivity contribution in [1.82, 2.24) is 15.2 Å². The van der Waals surface area contributed by atoms with E-state index in [1.54, 1.807) is 11.9 Å². The number of likely N-dealkylation sites (N-methyl/N-ethyl adjacent to an activating group) is 1. The molecule has 19 heavy (non-hydrogen) atoms. The number of nitrogens with two attached hydrogens (primary N) is 1. The third-order valence-corrected chi connectivity index (χ3v) is 3.33. The summed E-state index contributed by atoms with van der Waals surface area (Å²) >= 11 is 0. The summed E-state index contributed by atoms with van der Waals surface area (Å²) in [6.45, 7) is 0.540. The van der Waals surface area contributed by atoms with Crippen molar-refractivity contribution in [2.75, 3.05) is 18.5 Å². The zero-order chi connectivity index (χ0) is 13.4. The molecule has 98 valence electrons. The fourth-order valence-electron chi connectivity index (χ4n) is 2.28. The quantitative estimate of drug-likeness (QED) is 0.837. The van der Waals surface area contributed by atoms with Gasteiger partial charge in [0, 0.05) is 24.7 Å². The Morgan fingerprint density at radius 1 is 1.47 bits per heavy atom. The molecular weight excluding hydrogens is 242 g/mol. The van der Waals surface area contributed by atoms with E-state index in [9.17, 15) is 4.79 Å². The fourth-order valence-corrected chi connectivity index (χ4v) is 2.28. The van der Waals surface area contributed by atoms with E-state index in [0.717, 1.165) is 22.6 Å². The molecule has 0 radical (unpaired) electrons. The molecule has 1 aliphatic rings. The third-order valence-electron chi connectivity index (χ3n) is 3.33. The third kappa shape index (κ3) is 2.00. The molecule has 0 fully saturated rings. The highest BCUT2D eigenvalue weighted by Gasteiger charge is 2.24. The van der Waals surface area contributed by atoms with Crippen molar-refractivity contribution in [3.63, 3.8) is 0 Å². The number of nitrogens with one attached hydrogen (secondary N) is 1. The van der Waals surface area contributed by atoms with Gasteiger partial charge in [-0.15, -0.1) is 0 Å². The van der Waals surface area contributed by atoms with E-state index in [0.29, 0.717) is 25.2 Å². The molecule has 0 aliphatic carbocycles. The van der Waals surface area contributed by atoms with Crippen LogP contribution in [0.15, 0.2) is 18.2 Å². The van der Waals surface area contributed by atoms with Crippen LogP contribution in [0.4, 0.5) is 5.69 Å². The zero-order valence-electron chi connectivity index (χ0n) is 10.7. The van der Waals surface area contributed by atoms with Crippen molar-refractivity contribution in [1.29, 1.82) is 0 Å². The standard InChI is InChI=1S/C13H15N5O/c1-18-10-3-2-8(6-9(10)7-12(18)19)13-15-11(4-5-14)16-17-13/h2-3,6H,4-5,7,14H2,1H3,(H,15,16,17). The molecule has 0 saturated heterocycles. The fraction of sp³-hybridized carbons (Fsp3) is 0.308. The number of hydrogen-bond acceptors (Lipinski definition) is 4. The molecule has 0 spiro atoms. The number of carbonyl (C=O) groups is 1. The number of amides is 1. The summed E-state index contributed by atoms with van der Waals surface area (Å²) < 4.78 is 0. The summed E-state index contributed by atoms with van der Waals surface area (Å²) in [5.41, 5.74) is 8.39. The maximum absolute atomic E-state index is 11.6. The Labute approximate surface area is 110 Å². The molecule has 1 aliphatic heterocycles. The van der Waals surface area contributed by atoms with Crippen LogP contribution in [0, 0.1) is 0 Å². The van der Waals surface area contributed by atoms with Crippen molar-refractivity contribution in [3.05, 3.63) is 29.6 Å². The average Bonchev–Trinajstić information content (AvgIpc) is 2.96. The van der Waals surface area contributed by atoms with Gasteiger partial charge in [0.1, 0.15) is 5.82 Å². The van der Waals surface area contributed by atoms with E-state index < -0.39 is 0 Å². The average molecular weight is 257 g/mol. The number of aromatic amines is 1. The van der Waals surface area contributed by atoms with Gasteiger partial charge in [0.25, 0.3) is 0 Å². The normalized spacial score (nSPS) is 14.0. The molecule has 0 bridgehead atoms. The molecular formula is C13H15N5O. The lowest BCUT2D eigenvalue weighted by atomic mass is 10.1. The highest BCUT2D eigenvalue weighted by Crippen LogP contribution is 2.30. The summed E-state index contributed by atoms with van der Waals surface area (Å²) in [6, 6.07) is 5.85. The summed E-state index contributed by atoms with van der Waals surface area (Å²) in [5.74, 6) is 1.55. The Morgan fingerprint density at radius 3 is 3.11 bits per heavy atom. The highest BCUT2D eigenvalue weighted by molar-refractivity contribution is 6.01. The molecule has 1 amide bonds. The Hall–Kier alpha value is -2.21. The molecule has 0 unspecified atom stereocenters. The first-order valence-corrected chi connectivity index (χ1v) is 6.20. The molecule has 6 nitrogen and oxygen atoms in total. The van der Waals surface area contributed by atoms with Crippen LogP contribution in [0.2, 0.25) is 0 Å². The molecule has 2 aromatic rings. The molecule has 2 heterocycles. The van der Waals surface area contributed by atoms with Crippen LogP contribution < -0.4 is 10.6 Å². The number of fused-ring (bicyclic) bond motifs is 1. The topological polar surface area (TPSA) is 87.9 Å². The summed E-state index contributed by atoms with van der Waals surface area (Å²) in [6.07, 6.45) is 1.12. The predicted molar refractivity (Wildman–Crippen MR) is 71.7 cm³/mol. The van der Waals surface area contributed by atoms with E-state index in [-0.39, 0.29) is 5.91 Å². The second-order valence-corrected chi connectivity index (χ2v) is 4.62. The second kappa shape index (κ2) is 4.47. The molecule has 1 aromatic heterocycles. The second-order valence-electron chi connectivity index (χ2n) is 4.62. The van der Waals surface area contributed by atoms with Gasteiger partial charge in [0.05, 0.1) is 6.42 Å². The van der Waals surface area contributed by atoms with Crippen LogP contribution in [0.1, 0.15) is 11.4 Å². The van der Waals surface area contributed by atoms with Gasteiger partial charge in [-0.25, -0.2) is 4.98 Å². The van der Waals surface area contributed by atoms with Crippen LogP contribution in [0.3, 0.4) is 0 Å². The van der Waals surface area contributed by atoms with Crippen LogP contribution >= 0.6 is 0 Å². The first-order chi connectivity index (χ1) is 9.19. The Bertz CT molecular complexity index is 634. The van der Waals surface area contributed by atoms with Crippen molar-refractivity contribution in [3.8, 4) is 11.4 Å². The number of hydrogen-bond donors (Lipinski definition) is 2. The molecule has 3 N–H and O–H groups in total. The van der Waals surface area contributed by atoms with Gasteiger partial charge in [0.15, 0.2) is 5.82 Å². The van der Waals surface area contributed by atoms with Crippen LogP contribution in [0.25, 0.3) is 11.4 Å². The Kier molecular flexibility index (Phi) is 2.79. The molecule has 6 heteroatoms. The van der Waals surface area contributed by atoms with Gasteiger partial charge in [-0.2, -0.15) is 5.10 Å². The Balaban J connectivity index is 1.94. The number of nitrogens with zero attached hydrogens (tertiary/aromatic N) is 3. The number of benzene rings is 1. The predicted octanol–water partition coefficient (Wildman–Crippen LogP) is 0.492. The lowest BCUT2D eigenvalue weighted by molar-refractivity contribution is -0.117. The van der Waals surface area contributed by atoms with Crippen molar-refractivity contribution in [2.24, 2.45) is 5.73 Å². The first kappa shape index (κ1) is 11.9. The highest BCUT2D eigenvalue weighted by atomic mass is 16.2. The summed E-state index contributed by atoms with van der Waals surface area (Å²) in [7, 11) is 1.79. The lowest BCUT2D eigenvalue weighted by Gasteiger charge is -2.09. The molecule has 1 aromatic carbocycles. The number of carbonyl (C=O) groups excluding carboxylic acids is 1. The number of rotatable bonds is 3. The van der Waals surface area contributed by atoms with Gasteiger partial charge >= 0.3 is 0 Å². The monoisotopic (exact) mass is 257 g/mol. The summed E-state index contributed by atoms with van der Waals surface area (Å²) in [4.78, 5) is 17.7. The maximum Gasteiger partial charge on any atom is 0.231 e. The van der Waals surface area contributed by atoms with E-state index >= 15 is 0 Å². The van der Waals surface area contributed by atoms with Crippen LogP contribution in [-0.4, -0.2) is 34.7 Å². The van der Waals surface area contributed by atoms with Crippen molar-refractivity contribution < 1.29 is 4.79 Å². The number of aromatic nitrogens is 3. The van der Waals surface area contributed by atoms with E-state index in [1.165, 1.54) is 0 Å². The number of anilines is 1. The molecule has 0 atom stereocenters. The minimum Gasteiger partial charge on any atom is -0.330 e. The molecule has 3 rings (SSSR count). The SMILES string of the molecule is CN1C(=O)Cc2cc(-c3n[nH]c(CCN)n3)ccc21. The largest absolute Gasteiger partial charge is 0.330 e. The molecule has 0 saturated carbocycles. The lowest BCUT2D eigenvalue weighted by Crippen LogP contribution is -2.20. The van der Waals surface area contributed by atoms with Gasteiger partial charge in [-0.3, -0.25) is 9.89 Å². The van der Waals surface area contributed by atoms with E-state index in [4.69, 9.17) is 5.73 Å². The maximum atomic E-state index is 11.6. The van der Waals surface area contributed by atoms with E-state index in [2.05, 4.69) is 15.2 Å². The van der Waals surface area contributed by atoms with Gasteiger partial charge in [-0.1, -0.05) is 0 Å².